The van der Waals surface area contributed by atoms with Crippen LogP contribution < -0.4 is 5.73 Å². The van der Waals surface area contributed by atoms with Gasteiger partial charge in [0.05, 0.1) is 11.9 Å². The van der Waals surface area contributed by atoms with Gasteiger partial charge >= 0.3 is 0 Å². The van der Waals surface area contributed by atoms with Crippen LogP contribution in [0.4, 0.5) is 5.69 Å². The molecule has 4 aliphatic rings. The van der Waals surface area contributed by atoms with Crippen LogP contribution in [0.25, 0.3) is 0 Å². The second kappa shape index (κ2) is 3.50. The summed E-state index contributed by atoms with van der Waals surface area (Å²) in [6, 6.07) is 0. The largest absolute Gasteiger partial charge is 0.396 e. The minimum atomic E-state index is 0.800. The molecule has 0 unspecified atom stereocenters. The van der Waals surface area contributed by atoms with Crippen LogP contribution in [0.15, 0.2) is 12.4 Å². The number of hydrogen-bond acceptors (Lipinski definition) is 2. The van der Waals surface area contributed by atoms with Crippen molar-refractivity contribution in [1.29, 1.82) is 0 Å². The summed E-state index contributed by atoms with van der Waals surface area (Å²) in [5.74, 6) is 4.98. The minimum Gasteiger partial charge on any atom is -0.396 e. The molecule has 0 aromatic carbocycles. The van der Waals surface area contributed by atoms with Gasteiger partial charge in [0.15, 0.2) is 0 Å². The summed E-state index contributed by atoms with van der Waals surface area (Å²) in [5.41, 5.74) is 6.55. The first kappa shape index (κ1) is 9.98. The molecule has 17 heavy (non-hydrogen) atoms. The van der Waals surface area contributed by atoms with Crippen molar-refractivity contribution in [2.24, 2.45) is 29.6 Å². The lowest BCUT2D eigenvalue weighted by atomic mass is 9.52. The molecule has 4 aliphatic carbocycles. The predicted molar refractivity (Wildman–Crippen MR) is 67.2 cm³/mol. The second-order valence-corrected chi connectivity index (χ2v) is 6.59. The lowest BCUT2D eigenvalue weighted by Gasteiger charge is -2.54. The van der Waals surface area contributed by atoms with Crippen molar-refractivity contribution in [2.75, 3.05) is 5.73 Å². The lowest BCUT2D eigenvalue weighted by Crippen LogP contribution is -2.46. The number of rotatable bonds is 2. The van der Waals surface area contributed by atoms with Crippen molar-refractivity contribution in [1.82, 2.24) is 9.78 Å². The van der Waals surface area contributed by atoms with E-state index in [9.17, 15) is 0 Å². The number of nitrogens with two attached hydrogens (primary N) is 1. The Balaban J connectivity index is 1.54. The zero-order chi connectivity index (χ0) is 11.4. The number of nitrogen functional groups attached to an aromatic ring is 1. The van der Waals surface area contributed by atoms with Crippen molar-refractivity contribution < 1.29 is 0 Å². The molecule has 3 heteroatoms. The standard InChI is InChI=1S/C14H21N3/c15-13-6-16-17(7-13)8-14-11-2-9-1-10(4-11)5-12(14)3-9/h6-7,9-12,14H,1-5,8,15H2. The summed E-state index contributed by atoms with van der Waals surface area (Å²) in [7, 11) is 0. The Bertz CT molecular complexity index is 395. The Morgan fingerprint density at radius 3 is 2.29 bits per heavy atom. The number of nitrogens with zero attached hydrogens (tertiary/aromatic N) is 2. The first-order valence-electron chi connectivity index (χ1n) is 7.06. The van der Waals surface area contributed by atoms with Crippen LogP contribution in [0.3, 0.4) is 0 Å². The molecule has 0 amide bonds. The summed E-state index contributed by atoms with van der Waals surface area (Å²) in [6.07, 6.45) is 11.3. The van der Waals surface area contributed by atoms with E-state index in [0.717, 1.165) is 41.8 Å². The Morgan fingerprint density at radius 2 is 1.76 bits per heavy atom. The van der Waals surface area contributed by atoms with Gasteiger partial charge in [0, 0.05) is 12.7 Å². The van der Waals surface area contributed by atoms with Crippen LogP contribution in [0.5, 0.6) is 0 Å². The van der Waals surface area contributed by atoms with Crippen molar-refractivity contribution in [2.45, 2.75) is 38.6 Å². The third-order valence-electron chi connectivity index (χ3n) is 5.47. The Kier molecular flexibility index (Phi) is 2.06. The van der Waals surface area contributed by atoms with Crippen LogP contribution in [0.1, 0.15) is 32.1 Å². The fourth-order valence-electron chi connectivity index (χ4n) is 5.03. The smallest absolute Gasteiger partial charge is 0.0719 e. The maximum absolute atomic E-state index is 5.75. The van der Waals surface area contributed by atoms with Gasteiger partial charge in [-0.3, -0.25) is 4.68 Å². The van der Waals surface area contributed by atoms with E-state index in [1.807, 2.05) is 6.20 Å². The maximum Gasteiger partial charge on any atom is 0.0719 e. The summed E-state index contributed by atoms with van der Waals surface area (Å²) in [6.45, 7) is 1.10. The quantitative estimate of drug-likeness (QED) is 0.850. The van der Waals surface area contributed by atoms with E-state index in [4.69, 9.17) is 5.73 Å². The van der Waals surface area contributed by atoms with Gasteiger partial charge < -0.3 is 5.73 Å². The molecule has 92 valence electrons. The van der Waals surface area contributed by atoms with Gasteiger partial charge in [-0.15, -0.1) is 0 Å². The molecular weight excluding hydrogens is 210 g/mol. The van der Waals surface area contributed by atoms with Gasteiger partial charge in [0.25, 0.3) is 0 Å². The molecule has 3 nitrogen and oxygen atoms in total. The Labute approximate surface area is 102 Å². The molecule has 4 bridgehead atoms. The van der Waals surface area contributed by atoms with E-state index in [1.165, 1.54) is 32.1 Å². The first-order valence-corrected chi connectivity index (χ1v) is 7.06. The summed E-state index contributed by atoms with van der Waals surface area (Å²) < 4.78 is 2.07. The van der Waals surface area contributed by atoms with E-state index in [2.05, 4.69) is 9.78 Å². The minimum absolute atomic E-state index is 0.800. The van der Waals surface area contributed by atoms with Crippen LogP contribution in [0.2, 0.25) is 0 Å². The summed E-state index contributed by atoms with van der Waals surface area (Å²) in [5, 5.41) is 4.36. The topological polar surface area (TPSA) is 43.8 Å². The van der Waals surface area contributed by atoms with E-state index in [1.54, 1.807) is 6.20 Å². The molecule has 1 heterocycles. The van der Waals surface area contributed by atoms with E-state index >= 15 is 0 Å². The number of anilines is 1. The van der Waals surface area contributed by atoms with Crippen LogP contribution in [-0.4, -0.2) is 9.78 Å². The molecule has 1 aromatic heterocycles. The molecule has 0 aliphatic heterocycles. The molecule has 1 aromatic rings. The van der Waals surface area contributed by atoms with Gasteiger partial charge in [-0.05, 0) is 61.7 Å². The Hall–Kier alpha value is -0.990. The van der Waals surface area contributed by atoms with E-state index < -0.39 is 0 Å². The molecule has 4 saturated carbocycles. The molecule has 0 spiro atoms. The lowest BCUT2D eigenvalue weighted by molar-refractivity contribution is -0.0442. The molecule has 0 radical (unpaired) electrons. The zero-order valence-corrected chi connectivity index (χ0v) is 10.3. The average Bonchev–Trinajstić information content (AvgIpc) is 2.68. The highest BCUT2D eigenvalue weighted by molar-refractivity contribution is 5.30. The summed E-state index contributed by atoms with van der Waals surface area (Å²) >= 11 is 0. The maximum atomic E-state index is 5.75. The first-order chi connectivity index (χ1) is 8.28. The predicted octanol–water partition coefficient (Wildman–Crippen LogP) is 2.54. The van der Waals surface area contributed by atoms with Crippen molar-refractivity contribution in [3.8, 4) is 0 Å². The zero-order valence-electron chi connectivity index (χ0n) is 10.3. The van der Waals surface area contributed by atoms with Gasteiger partial charge in [0.2, 0.25) is 0 Å². The average molecular weight is 231 g/mol. The van der Waals surface area contributed by atoms with Gasteiger partial charge in [0.1, 0.15) is 0 Å². The van der Waals surface area contributed by atoms with Gasteiger partial charge in [-0.2, -0.15) is 5.10 Å². The molecule has 0 atom stereocenters. The monoisotopic (exact) mass is 231 g/mol. The number of hydrogen-bond donors (Lipinski definition) is 1. The third kappa shape index (κ3) is 1.59. The fraction of sp³-hybridized carbons (Fsp3) is 0.786. The fourth-order valence-corrected chi connectivity index (χ4v) is 5.03. The van der Waals surface area contributed by atoms with Crippen molar-refractivity contribution >= 4 is 5.69 Å². The van der Waals surface area contributed by atoms with Crippen LogP contribution in [-0.2, 0) is 6.54 Å². The molecular formula is C14H21N3. The summed E-state index contributed by atoms with van der Waals surface area (Å²) in [4.78, 5) is 0. The SMILES string of the molecule is Nc1cnn(CC2C3CC4CC(C3)CC2C4)c1. The Morgan fingerprint density at radius 1 is 1.12 bits per heavy atom. The number of aromatic nitrogens is 2. The van der Waals surface area contributed by atoms with Crippen molar-refractivity contribution in [3.05, 3.63) is 12.4 Å². The second-order valence-electron chi connectivity index (χ2n) is 6.59. The van der Waals surface area contributed by atoms with Crippen LogP contribution in [0, 0.1) is 29.6 Å². The highest BCUT2D eigenvalue weighted by Crippen LogP contribution is 2.56. The normalized spacial score (nSPS) is 43.2. The molecule has 0 saturated heterocycles. The van der Waals surface area contributed by atoms with E-state index in [0.29, 0.717) is 0 Å². The van der Waals surface area contributed by atoms with E-state index in [-0.39, 0.29) is 0 Å². The van der Waals surface area contributed by atoms with Crippen molar-refractivity contribution in [3.63, 3.8) is 0 Å². The van der Waals surface area contributed by atoms with Gasteiger partial charge in [-0.25, -0.2) is 0 Å². The molecule has 5 rings (SSSR count). The van der Waals surface area contributed by atoms with Crippen LogP contribution >= 0.6 is 0 Å². The highest BCUT2D eigenvalue weighted by Gasteiger charge is 2.48. The van der Waals surface area contributed by atoms with Gasteiger partial charge in [-0.1, -0.05) is 0 Å². The molecule has 2 N–H and O–H groups in total. The molecule has 4 fully saturated rings. The third-order valence-corrected chi connectivity index (χ3v) is 5.47. The highest BCUT2D eigenvalue weighted by atomic mass is 15.3.